The van der Waals surface area contributed by atoms with E-state index >= 15 is 0 Å². The van der Waals surface area contributed by atoms with Gasteiger partial charge in [-0.3, -0.25) is 4.21 Å². The van der Waals surface area contributed by atoms with Gasteiger partial charge in [-0.1, -0.05) is 20.8 Å². The fourth-order valence-corrected chi connectivity index (χ4v) is 1.86. The molecule has 0 aliphatic carbocycles. The maximum absolute atomic E-state index is 11.3. The zero-order valence-corrected chi connectivity index (χ0v) is 8.54. The molecule has 0 spiro atoms. The van der Waals surface area contributed by atoms with Crippen LogP contribution >= 0.6 is 0 Å². The first kappa shape index (κ1) is 11.1. The molecule has 3 heteroatoms. The Balaban J connectivity index is 3.36. The Kier molecular flexibility index (Phi) is 6.87. The van der Waals surface area contributed by atoms with Gasteiger partial charge in [0, 0.05) is 28.3 Å². The minimum atomic E-state index is -0.629. The van der Waals surface area contributed by atoms with Crippen molar-refractivity contribution >= 4 is 10.8 Å². The van der Waals surface area contributed by atoms with Gasteiger partial charge in [0.1, 0.15) is 0 Å². The van der Waals surface area contributed by atoms with Crippen molar-refractivity contribution in [2.45, 2.75) is 32.4 Å². The van der Waals surface area contributed by atoms with Crippen molar-refractivity contribution in [3.63, 3.8) is 0 Å². The molecular formula is C8H19NOS. The standard InChI is InChI=1S/C8H19NOS/c1-4-8(3)11(10)7-6-9-5-2/h8-9H,4-7H2,1-3H3. The summed E-state index contributed by atoms with van der Waals surface area (Å²) >= 11 is 0. The Morgan fingerprint density at radius 2 is 2.09 bits per heavy atom. The Hall–Kier alpha value is 0.110. The van der Waals surface area contributed by atoms with E-state index in [1.165, 1.54) is 0 Å². The van der Waals surface area contributed by atoms with E-state index in [-0.39, 0.29) is 0 Å². The normalized spacial score (nSPS) is 16.3. The summed E-state index contributed by atoms with van der Waals surface area (Å²) in [5.74, 6) is 0.794. The second kappa shape index (κ2) is 6.80. The van der Waals surface area contributed by atoms with Gasteiger partial charge in [-0.25, -0.2) is 0 Å². The van der Waals surface area contributed by atoms with Crippen LogP contribution in [0.15, 0.2) is 0 Å². The maximum Gasteiger partial charge on any atom is 0.0362 e. The van der Waals surface area contributed by atoms with E-state index in [4.69, 9.17) is 0 Å². The molecule has 0 aromatic carbocycles. The van der Waals surface area contributed by atoms with Gasteiger partial charge in [-0.15, -0.1) is 0 Å². The van der Waals surface area contributed by atoms with E-state index in [0.717, 1.165) is 25.3 Å². The van der Waals surface area contributed by atoms with Gasteiger partial charge in [0.25, 0.3) is 0 Å². The summed E-state index contributed by atoms with van der Waals surface area (Å²) in [5, 5.41) is 3.52. The molecule has 0 saturated carbocycles. The summed E-state index contributed by atoms with van der Waals surface area (Å²) < 4.78 is 11.3. The summed E-state index contributed by atoms with van der Waals surface area (Å²) in [6.07, 6.45) is 1.01. The van der Waals surface area contributed by atoms with Gasteiger partial charge >= 0.3 is 0 Å². The van der Waals surface area contributed by atoms with Crippen molar-refractivity contribution in [1.29, 1.82) is 0 Å². The molecule has 0 aliphatic heterocycles. The molecule has 0 saturated heterocycles. The Bertz CT molecular complexity index is 117. The Morgan fingerprint density at radius 1 is 1.45 bits per heavy atom. The minimum absolute atomic E-state index is 0.355. The first-order chi connectivity index (χ1) is 5.22. The fourth-order valence-electron chi connectivity index (χ4n) is 0.737. The number of rotatable bonds is 6. The van der Waals surface area contributed by atoms with E-state index in [1.54, 1.807) is 0 Å². The molecule has 11 heavy (non-hydrogen) atoms. The van der Waals surface area contributed by atoms with Crippen LogP contribution < -0.4 is 5.32 Å². The molecule has 0 amide bonds. The lowest BCUT2D eigenvalue weighted by Crippen LogP contribution is -2.23. The van der Waals surface area contributed by atoms with Gasteiger partial charge in [0.05, 0.1) is 0 Å². The van der Waals surface area contributed by atoms with Crippen molar-refractivity contribution in [2.24, 2.45) is 0 Å². The van der Waals surface area contributed by atoms with E-state index in [2.05, 4.69) is 19.2 Å². The average Bonchev–Trinajstić information content (AvgIpc) is 2.03. The summed E-state index contributed by atoms with van der Waals surface area (Å²) in [4.78, 5) is 0. The molecule has 2 unspecified atom stereocenters. The molecule has 0 aromatic heterocycles. The van der Waals surface area contributed by atoms with Crippen LogP contribution in [0.2, 0.25) is 0 Å². The van der Waals surface area contributed by atoms with Crippen LogP contribution in [0.25, 0.3) is 0 Å². The van der Waals surface area contributed by atoms with E-state index in [1.807, 2.05) is 6.92 Å². The van der Waals surface area contributed by atoms with Crippen LogP contribution in [0.3, 0.4) is 0 Å². The maximum atomic E-state index is 11.3. The molecule has 0 radical (unpaired) electrons. The topological polar surface area (TPSA) is 29.1 Å². The first-order valence-corrected chi connectivity index (χ1v) is 5.68. The summed E-state index contributed by atoms with van der Waals surface area (Å²) in [6, 6.07) is 0. The van der Waals surface area contributed by atoms with Gasteiger partial charge < -0.3 is 5.32 Å². The number of hydrogen-bond acceptors (Lipinski definition) is 2. The van der Waals surface area contributed by atoms with Crippen LogP contribution in [-0.4, -0.2) is 28.3 Å². The van der Waals surface area contributed by atoms with E-state index in [9.17, 15) is 4.21 Å². The minimum Gasteiger partial charge on any atom is -0.316 e. The van der Waals surface area contributed by atoms with Gasteiger partial charge in [-0.2, -0.15) is 0 Å². The van der Waals surface area contributed by atoms with Crippen molar-refractivity contribution in [3.05, 3.63) is 0 Å². The molecule has 2 nitrogen and oxygen atoms in total. The molecule has 0 aromatic rings. The van der Waals surface area contributed by atoms with Gasteiger partial charge in [-0.05, 0) is 13.0 Å². The van der Waals surface area contributed by atoms with E-state index < -0.39 is 10.8 Å². The smallest absolute Gasteiger partial charge is 0.0362 e. The van der Waals surface area contributed by atoms with Crippen molar-refractivity contribution < 1.29 is 4.21 Å². The second-order valence-corrected chi connectivity index (χ2v) is 4.63. The van der Waals surface area contributed by atoms with Gasteiger partial charge in [0.15, 0.2) is 0 Å². The molecule has 0 rings (SSSR count). The molecular weight excluding hydrogens is 158 g/mol. The molecule has 1 N–H and O–H groups in total. The van der Waals surface area contributed by atoms with Crippen LogP contribution in [0.1, 0.15) is 27.2 Å². The molecule has 0 bridgehead atoms. The number of hydrogen-bond donors (Lipinski definition) is 1. The SMILES string of the molecule is CCNCCS(=O)C(C)CC. The summed E-state index contributed by atoms with van der Waals surface area (Å²) in [5.41, 5.74) is 0. The average molecular weight is 177 g/mol. The Labute approximate surface area is 72.2 Å². The van der Waals surface area contributed by atoms with Crippen LogP contribution in [0.5, 0.6) is 0 Å². The summed E-state index contributed by atoms with van der Waals surface area (Å²) in [6.45, 7) is 8.04. The monoisotopic (exact) mass is 177 g/mol. The quantitative estimate of drug-likeness (QED) is 0.617. The summed E-state index contributed by atoms with van der Waals surface area (Å²) in [7, 11) is -0.629. The van der Waals surface area contributed by atoms with Crippen molar-refractivity contribution in [3.8, 4) is 0 Å². The molecule has 2 atom stereocenters. The van der Waals surface area contributed by atoms with Crippen molar-refractivity contribution in [2.75, 3.05) is 18.8 Å². The predicted octanol–water partition coefficient (Wildman–Crippen LogP) is 1.14. The molecule has 0 heterocycles. The van der Waals surface area contributed by atoms with Gasteiger partial charge in [0.2, 0.25) is 0 Å². The highest BCUT2D eigenvalue weighted by atomic mass is 32.2. The predicted molar refractivity (Wildman–Crippen MR) is 51.3 cm³/mol. The highest BCUT2D eigenvalue weighted by molar-refractivity contribution is 7.85. The van der Waals surface area contributed by atoms with Crippen LogP contribution in [-0.2, 0) is 10.8 Å². The van der Waals surface area contributed by atoms with Crippen LogP contribution in [0, 0.1) is 0 Å². The highest BCUT2D eigenvalue weighted by Gasteiger charge is 2.06. The zero-order chi connectivity index (χ0) is 8.69. The molecule has 0 fully saturated rings. The lowest BCUT2D eigenvalue weighted by atomic mass is 10.4. The Morgan fingerprint density at radius 3 is 2.55 bits per heavy atom. The lowest BCUT2D eigenvalue weighted by Gasteiger charge is -2.07. The third kappa shape index (κ3) is 5.39. The molecule has 68 valence electrons. The largest absolute Gasteiger partial charge is 0.316 e. The number of nitrogens with one attached hydrogen (secondary N) is 1. The van der Waals surface area contributed by atoms with Crippen LogP contribution in [0.4, 0.5) is 0 Å². The lowest BCUT2D eigenvalue weighted by molar-refractivity contribution is 0.664. The second-order valence-electron chi connectivity index (χ2n) is 2.66. The zero-order valence-electron chi connectivity index (χ0n) is 7.72. The molecule has 0 aliphatic rings. The highest BCUT2D eigenvalue weighted by Crippen LogP contribution is 1.99. The third-order valence-electron chi connectivity index (χ3n) is 1.75. The third-order valence-corrected chi connectivity index (χ3v) is 3.59. The fraction of sp³-hybridized carbons (Fsp3) is 1.00. The first-order valence-electron chi connectivity index (χ1n) is 4.30. The van der Waals surface area contributed by atoms with E-state index in [0.29, 0.717) is 5.25 Å². The van der Waals surface area contributed by atoms with Crippen molar-refractivity contribution in [1.82, 2.24) is 5.32 Å².